The fourth-order valence-corrected chi connectivity index (χ4v) is 9.65. The second-order valence-electron chi connectivity index (χ2n) is 17.0. The molecule has 1 aromatic carbocycles. The molecule has 3 N–H and O–H groups in total. The summed E-state index contributed by atoms with van der Waals surface area (Å²) in [7, 11) is -3.90. The topological polar surface area (TPSA) is 167 Å². The number of allylic oxidation sites excluding steroid dienone is 2. The molecule has 0 bridgehead atoms. The van der Waals surface area contributed by atoms with Crippen LogP contribution >= 0.6 is 0 Å². The van der Waals surface area contributed by atoms with Crippen LogP contribution in [-0.4, -0.2) is 95.1 Å². The summed E-state index contributed by atoms with van der Waals surface area (Å²) in [6.45, 7) is 10.7. The molecule has 0 unspecified atom stereocenters. The van der Waals surface area contributed by atoms with E-state index in [9.17, 15) is 27.6 Å². The number of para-hydroxylation sites is 1. The van der Waals surface area contributed by atoms with Gasteiger partial charge in [-0.25, -0.2) is 13.2 Å². The minimum atomic E-state index is -3.90. The highest BCUT2D eigenvalue weighted by molar-refractivity contribution is 7.91. The molecule has 13 nitrogen and oxygen atoms in total. The van der Waals surface area contributed by atoms with Gasteiger partial charge in [-0.1, -0.05) is 56.2 Å². The highest BCUT2D eigenvalue weighted by atomic mass is 32.2. The number of ether oxygens (including phenoxy) is 1. The Labute approximate surface area is 319 Å². The van der Waals surface area contributed by atoms with E-state index in [2.05, 4.69) is 20.3 Å². The van der Waals surface area contributed by atoms with Crippen LogP contribution in [0.4, 0.5) is 4.79 Å². The van der Waals surface area contributed by atoms with Gasteiger partial charge in [0.05, 0.1) is 16.5 Å². The number of alkyl carbamates (subject to hydrolysis) is 1. The van der Waals surface area contributed by atoms with Gasteiger partial charge in [-0.2, -0.15) is 0 Å². The van der Waals surface area contributed by atoms with Crippen molar-refractivity contribution in [3.8, 4) is 0 Å². The van der Waals surface area contributed by atoms with Crippen molar-refractivity contribution in [2.45, 2.75) is 121 Å². The van der Waals surface area contributed by atoms with Crippen LogP contribution in [0, 0.1) is 17.8 Å². The monoisotopic (exact) mass is 764 g/mol. The lowest BCUT2D eigenvalue weighted by Crippen LogP contribution is -2.63. The van der Waals surface area contributed by atoms with E-state index in [-0.39, 0.29) is 36.6 Å². The first kappa shape index (κ1) is 39.6. The van der Waals surface area contributed by atoms with Gasteiger partial charge in [0.1, 0.15) is 23.2 Å². The van der Waals surface area contributed by atoms with Crippen molar-refractivity contribution in [2.24, 2.45) is 17.8 Å². The highest BCUT2D eigenvalue weighted by Crippen LogP contribution is 2.38. The third-order valence-corrected chi connectivity index (χ3v) is 12.8. The van der Waals surface area contributed by atoms with E-state index in [1.54, 1.807) is 32.6 Å². The molecule has 4 aliphatic rings. The number of likely N-dealkylation sites (tertiary alicyclic amines) is 1. The number of hydrogen-bond acceptors (Lipinski definition) is 9. The van der Waals surface area contributed by atoms with Gasteiger partial charge < -0.3 is 20.3 Å². The molecule has 1 aliphatic carbocycles. The Hall–Kier alpha value is -4.04. The summed E-state index contributed by atoms with van der Waals surface area (Å²) < 4.78 is 33.7. The number of pyridine rings is 1. The lowest BCUT2D eigenvalue weighted by molar-refractivity contribution is -0.143. The van der Waals surface area contributed by atoms with E-state index in [0.717, 1.165) is 35.9 Å². The summed E-state index contributed by atoms with van der Waals surface area (Å²) in [5.41, 5.74) is -0.580. The quantitative estimate of drug-likeness (QED) is 0.361. The van der Waals surface area contributed by atoms with Crippen LogP contribution in [0.3, 0.4) is 0 Å². The maximum Gasteiger partial charge on any atom is 0.408 e. The predicted molar refractivity (Wildman–Crippen MR) is 205 cm³/mol. The number of amides is 4. The van der Waals surface area contributed by atoms with Gasteiger partial charge in [0.15, 0.2) is 0 Å². The Morgan fingerprint density at radius 3 is 2.52 bits per heavy atom. The van der Waals surface area contributed by atoms with Crippen molar-refractivity contribution >= 4 is 44.7 Å². The van der Waals surface area contributed by atoms with Gasteiger partial charge in [-0.15, -0.1) is 0 Å². The largest absolute Gasteiger partial charge is 0.444 e. The molecule has 4 amide bonds. The summed E-state index contributed by atoms with van der Waals surface area (Å²) in [6, 6.07) is 10.1. The molecule has 6 atom stereocenters. The molecular weight excluding hydrogens is 709 g/mol. The Bertz CT molecular complexity index is 1870. The zero-order valence-corrected chi connectivity index (χ0v) is 33.0. The number of aromatic nitrogens is 1. The Morgan fingerprint density at radius 2 is 1.78 bits per heavy atom. The minimum Gasteiger partial charge on any atom is -0.444 e. The zero-order valence-electron chi connectivity index (χ0n) is 32.2. The maximum absolute atomic E-state index is 14.7. The third kappa shape index (κ3) is 9.60. The molecule has 6 rings (SSSR count). The molecular formula is C40H56N6O7S. The molecule has 54 heavy (non-hydrogen) atoms. The number of sulfonamides is 1. The smallest absolute Gasteiger partial charge is 0.408 e. The maximum atomic E-state index is 14.7. The number of rotatable bonds is 6. The lowest BCUT2D eigenvalue weighted by Gasteiger charge is -2.36. The van der Waals surface area contributed by atoms with E-state index in [1.165, 1.54) is 0 Å². The molecule has 2 aromatic rings. The van der Waals surface area contributed by atoms with Gasteiger partial charge in [0, 0.05) is 37.5 Å². The fraction of sp³-hybridized carbons (Fsp3) is 0.625. The van der Waals surface area contributed by atoms with Crippen LogP contribution in [0.2, 0.25) is 0 Å². The number of hydrogen-bond donors (Lipinski definition) is 3. The third-order valence-electron chi connectivity index (χ3n) is 11.0. The SMILES string of the molecule is C[C@@H]1/C=C\CCCCC[C@H](NC(=O)OC(C)(C)C)C(=O)N2C[C@@H]3CN(Cc4ccc5ccccc5n4)C[C@@H]3[C@H]2C(=O)N[C@](C)(C(=O)NS(=O)(=O)C2CC2)C1. The minimum absolute atomic E-state index is 0.0633. The first-order chi connectivity index (χ1) is 25.5. The summed E-state index contributed by atoms with van der Waals surface area (Å²) in [5, 5.41) is 6.22. The normalized spacial score (nSPS) is 29.6. The molecule has 4 heterocycles. The van der Waals surface area contributed by atoms with Crippen LogP contribution in [0.1, 0.15) is 91.7 Å². The molecule has 0 radical (unpaired) electrons. The number of nitrogens with one attached hydrogen (secondary N) is 3. The zero-order chi connectivity index (χ0) is 38.8. The van der Waals surface area contributed by atoms with Crippen molar-refractivity contribution in [1.82, 2.24) is 30.1 Å². The van der Waals surface area contributed by atoms with Gasteiger partial charge in [-0.05, 0) is 90.2 Å². The molecule has 3 fully saturated rings. The number of carbonyl (C=O) groups is 4. The van der Waals surface area contributed by atoms with Crippen molar-refractivity contribution < 1.29 is 32.3 Å². The number of nitrogens with zero attached hydrogens (tertiary/aromatic N) is 3. The Morgan fingerprint density at radius 1 is 1.02 bits per heavy atom. The van der Waals surface area contributed by atoms with Crippen LogP contribution in [0.15, 0.2) is 48.6 Å². The summed E-state index contributed by atoms with van der Waals surface area (Å²) >= 11 is 0. The molecule has 1 aromatic heterocycles. The summed E-state index contributed by atoms with van der Waals surface area (Å²) in [6.07, 6.45) is 7.98. The van der Waals surface area contributed by atoms with Crippen LogP contribution in [-0.2, 0) is 35.7 Å². The fourth-order valence-electron chi connectivity index (χ4n) is 8.24. The Kier molecular flexibility index (Phi) is 11.7. The lowest BCUT2D eigenvalue weighted by atomic mass is 9.87. The van der Waals surface area contributed by atoms with Crippen LogP contribution in [0.5, 0.6) is 0 Å². The van der Waals surface area contributed by atoms with Crippen molar-refractivity contribution in [1.29, 1.82) is 0 Å². The van der Waals surface area contributed by atoms with E-state index in [1.807, 2.05) is 55.5 Å². The van der Waals surface area contributed by atoms with E-state index in [0.29, 0.717) is 45.3 Å². The second-order valence-corrected chi connectivity index (χ2v) is 19.0. The number of carbonyl (C=O) groups excluding carboxylic acids is 4. The standard InChI is InChI=1S/C40H56N6O7S/c1-26-13-9-7-6-8-10-16-33(42-38(50)53-39(2,3)4)36(48)46-23-28-22-45(24-29-18-17-27-14-11-12-15-32(27)41-29)25-31(28)34(46)35(47)43-40(5,21-26)37(49)44-54(51,52)30-19-20-30/h9,11-15,17-18,26,28,30-31,33-34H,6-8,10,16,19-25H2,1-5H3,(H,42,50)(H,43,47)(H,44,49)/b13-9-/t26-,28+,31+,33+,34+,40+/m1/s1. The average Bonchev–Trinajstić information content (AvgIpc) is 3.80. The number of benzene rings is 1. The molecule has 294 valence electrons. The molecule has 1 saturated carbocycles. The van der Waals surface area contributed by atoms with Gasteiger partial charge in [0.2, 0.25) is 21.8 Å². The predicted octanol–water partition coefficient (Wildman–Crippen LogP) is 4.42. The Balaban J connectivity index is 1.31. The van der Waals surface area contributed by atoms with Gasteiger partial charge in [0.25, 0.3) is 5.91 Å². The average molecular weight is 765 g/mol. The van der Waals surface area contributed by atoms with Gasteiger partial charge >= 0.3 is 6.09 Å². The summed E-state index contributed by atoms with van der Waals surface area (Å²) in [5.74, 6) is -2.20. The first-order valence-corrected chi connectivity index (χ1v) is 21.0. The highest BCUT2D eigenvalue weighted by Gasteiger charge is 2.54. The van der Waals surface area contributed by atoms with E-state index < -0.39 is 56.4 Å². The molecule has 2 saturated heterocycles. The van der Waals surface area contributed by atoms with E-state index >= 15 is 0 Å². The summed E-state index contributed by atoms with van der Waals surface area (Å²) in [4.78, 5) is 65.0. The molecule has 14 heteroatoms. The molecule has 3 aliphatic heterocycles. The van der Waals surface area contributed by atoms with Crippen molar-refractivity contribution in [3.05, 3.63) is 54.2 Å². The second kappa shape index (κ2) is 16.0. The van der Waals surface area contributed by atoms with E-state index in [4.69, 9.17) is 9.72 Å². The first-order valence-electron chi connectivity index (χ1n) is 19.4. The number of fused-ring (bicyclic) bond motifs is 4. The van der Waals surface area contributed by atoms with Crippen LogP contribution < -0.4 is 15.4 Å². The molecule has 0 spiro atoms. The van der Waals surface area contributed by atoms with Crippen LogP contribution in [0.25, 0.3) is 10.9 Å². The van der Waals surface area contributed by atoms with Crippen molar-refractivity contribution in [2.75, 3.05) is 19.6 Å². The van der Waals surface area contributed by atoms with Gasteiger partial charge in [-0.3, -0.25) is 29.0 Å². The van der Waals surface area contributed by atoms with Crippen molar-refractivity contribution in [3.63, 3.8) is 0 Å².